The fraction of sp³-hybridized carbons (Fsp3) is 0.522. The number of hydrogen-bond donors (Lipinski definition) is 1. The Hall–Kier alpha value is -2.72. The molecule has 10 heteroatoms. The van der Waals surface area contributed by atoms with Crippen molar-refractivity contribution in [2.45, 2.75) is 75.4 Å². The largest absolute Gasteiger partial charge is 0.360 e. The highest BCUT2D eigenvalue weighted by Gasteiger charge is 2.44. The fourth-order valence-corrected chi connectivity index (χ4v) is 6.16. The number of benzene rings is 1. The second-order valence-electron chi connectivity index (χ2n) is 9.98. The van der Waals surface area contributed by atoms with E-state index in [2.05, 4.69) is 21.8 Å². The molecule has 2 fully saturated rings. The molecule has 4 aliphatic rings. The van der Waals surface area contributed by atoms with Crippen LogP contribution < -0.4 is 9.62 Å². The van der Waals surface area contributed by atoms with Crippen LogP contribution in [0.4, 0.5) is 5.69 Å². The molecule has 0 saturated heterocycles. The number of fused-ring (bicyclic) bond motifs is 3. The number of aryl methyl sites for hydroxylation is 1. The molecule has 0 radical (unpaired) electrons. The van der Waals surface area contributed by atoms with Crippen LogP contribution in [0.25, 0.3) is 0 Å². The van der Waals surface area contributed by atoms with Crippen LogP contribution in [0.2, 0.25) is 0 Å². The Balaban J connectivity index is 1.40. The van der Waals surface area contributed by atoms with Gasteiger partial charge >= 0.3 is 0 Å². The molecule has 2 aromatic rings. The Labute approximate surface area is 192 Å². The highest BCUT2D eigenvalue weighted by atomic mass is 32.2. The summed E-state index contributed by atoms with van der Waals surface area (Å²) in [4.78, 5) is 22.2. The second-order valence-corrected chi connectivity index (χ2v) is 11.7. The van der Waals surface area contributed by atoms with Crippen molar-refractivity contribution >= 4 is 27.6 Å². The number of aromatic nitrogens is 1. The van der Waals surface area contributed by atoms with Gasteiger partial charge in [0, 0.05) is 17.0 Å². The Kier molecular flexibility index (Phi) is 4.36. The molecule has 2 aliphatic heterocycles. The minimum absolute atomic E-state index is 0.0618. The van der Waals surface area contributed by atoms with Gasteiger partial charge in [0.2, 0.25) is 16.0 Å². The zero-order valence-electron chi connectivity index (χ0n) is 19.0. The maximum absolute atomic E-state index is 13.7. The maximum atomic E-state index is 13.7. The summed E-state index contributed by atoms with van der Waals surface area (Å²) >= 11 is 0. The Bertz CT molecular complexity index is 1310. The molecular weight excluding hydrogens is 442 g/mol. The molecule has 2 aliphatic carbocycles. The lowest BCUT2D eigenvalue weighted by Crippen LogP contribution is -2.52. The highest BCUT2D eigenvalue weighted by molar-refractivity contribution is 7.89. The molecule has 9 nitrogen and oxygen atoms in total. The summed E-state index contributed by atoms with van der Waals surface area (Å²) < 4.78 is 34.3. The lowest BCUT2D eigenvalue weighted by molar-refractivity contribution is 0.0832. The van der Waals surface area contributed by atoms with Gasteiger partial charge in [0.25, 0.3) is 5.91 Å². The van der Waals surface area contributed by atoms with E-state index < -0.39 is 10.0 Å². The summed E-state index contributed by atoms with van der Waals surface area (Å²) in [5.41, 5.74) is 2.36. The SMILES string of the molecule is Cc1noc(C2CC2)c1CN1C(=O)c2cc(S(=O)(=O)NC3(C)CC3)ccc2N2C1=NC[C@H]2C. The smallest absolute Gasteiger partial charge is 0.263 e. The van der Waals surface area contributed by atoms with E-state index in [4.69, 9.17) is 4.52 Å². The third kappa shape index (κ3) is 3.38. The minimum atomic E-state index is -3.73. The monoisotopic (exact) mass is 469 g/mol. The van der Waals surface area contributed by atoms with Crippen LogP contribution in [0.1, 0.15) is 72.8 Å². The number of carbonyl (C=O) groups is 1. The number of nitrogens with one attached hydrogen (secondary N) is 1. The predicted octanol–water partition coefficient (Wildman–Crippen LogP) is 2.91. The van der Waals surface area contributed by atoms with Crippen molar-refractivity contribution in [3.05, 3.63) is 40.8 Å². The average Bonchev–Trinajstić information content (AvgIpc) is 3.67. The first kappa shape index (κ1) is 20.9. The molecule has 2 saturated carbocycles. The van der Waals surface area contributed by atoms with Gasteiger partial charge < -0.3 is 9.42 Å². The van der Waals surface area contributed by atoms with Gasteiger partial charge in [-0.25, -0.2) is 13.1 Å². The van der Waals surface area contributed by atoms with Crippen molar-refractivity contribution in [1.29, 1.82) is 0 Å². The summed E-state index contributed by atoms with van der Waals surface area (Å²) in [6, 6.07) is 4.87. The van der Waals surface area contributed by atoms with Crippen molar-refractivity contribution in [2.75, 3.05) is 11.4 Å². The Morgan fingerprint density at radius 2 is 2.03 bits per heavy atom. The van der Waals surface area contributed by atoms with E-state index in [1.807, 2.05) is 18.7 Å². The van der Waals surface area contributed by atoms with Gasteiger partial charge in [-0.3, -0.25) is 14.7 Å². The lowest BCUT2D eigenvalue weighted by atomic mass is 10.0. The molecular formula is C23H27N5O4S. The van der Waals surface area contributed by atoms with Gasteiger partial charge in [0.05, 0.1) is 41.0 Å². The number of hydrogen-bond acceptors (Lipinski definition) is 7. The molecule has 1 atom stereocenters. The minimum Gasteiger partial charge on any atom is -0.360 e. The Morgan fingerprint density at radius 3 is 2.73 bits per heavy atom. The van der Waals surface area contributed by atoms with Crippen LogP contribution >= 0.6 is 0 Å². The standard InChI is InChI=1S/C23H27N5O4S/c1-13-11-24-22-27(12-18-14(2)25-32-20(18)15-4-5-15)21(29)17-10-16(6-7-19(17)28(13)22)33(30,31)26-23(3)8-9-23/h6-7,10,13,15,26H,4-5,8-9,11-12H2,1-3H3/t13-/m1/s1. The van der Waals surface area contributed by atoms with E-state index in [1.165, 1.54) is 6.07 Å². The molecule has 0 unspecified atom stereocenters. The summed E-state index contributed by atoms with van der Waals surface area (Å²) in [6.07, 6.45) is 3.76. The summed E-state index contributed by atoms with van der Waals surface area (Å²) in [5.74, 6) is 1.55. The van der Waals surface area contributed by atoms with Crippen LogP contribution in [-0.4, -0.2) is 48.5 Å². The molecule has 33 heavy (non-hydrogen) atoms. The molecule has 1 aromatic carbocycles. The molecule has 6 rings (SSSR count). The number of amides is 1. The highest BCUT2D eigenvalue weighted by Crippen LogP contribution is 2.43. The fourth-order valence-electron chi connectivity index (χ4n) is 4.67. The van der Waals surface area contributed by atoms with Crippen molar-refractivity contribution in [2.24, 2.45) is 4.99 Å². The van der Waals surface area contributed by atoms with Crippen molar-refractivity contribution in [3.8, 4) is 0 Å². The van der Waals surface area contributed by atoms with E-state index in [9.17, 15) is 13.2 Å². The van der Waals surface area contributed by atoms with Gasteiger partial charge in [-0.05, 0) is 64.7 Å². The van der Waals surface area contributed by atoms with Crippen LogP contribution in [0.5, 0.6) is 0 Å². The third-order valence-corrected chi connectivity index (χ3v) is 8.70. The van der Waals surface area contributed by atoms with Gasteiger partial charge in [0.1, 0.15) is 5.76 Å². The van der Waals surface area contributed by atoms with E-state index in [1.54, 1.807) is 17.0 Å². The Morgan fingerprint density at radius 1 is 1.27 bits per heavy atom. The second kappa shape index (κ2) is 6.89. The van der Waals surface area contributed by atoms with Crippen LogP contribution in [0.15, 0.2) is 32.6 Å². The van der Waals surface area contributed by atoms with E-state index in [0.29, 0.717) is 36.2 Å². The average molecular weight is 470 g/mol. The van der Waals surface area contributed by atoms with Gasteiger partial charge in [0.15, 0.2) is 0 Å². The first-order valence-corrected chi connectivity index (χ1v) is 12.9. The van der Waals surface area contributed by atoms with E-state index >= 15 is 0 Å². The zero-order valence-corrected chi connectivity index (χ0v) is 19.8. The maximum Gasteiger partial charge on any atom is 0.263 e. The van der Waals surface area contributed by atoms with Crippen molar-refractivity contribution < 1.29 is 17.7 Å². The van der Waals surface area contributed by atoms with Gasteiger partial charge in [-0.15, -0.1) is 0 Å². The molecule has 1 aromatic heterocycles. The molecule has 0 bridgehead atoms. The number of carbonyl (C=O) groups excluding carboxylic acids is 1. The van der Waals surface area contributed by atoms with E-state index in [-0.39, 0.29) is 22.4 Å². The normalized spacial score (nSPS) is 23.4. The van der Waals surface area contributed by atoms with Crippen LogP contribution in [0.3, 0.4) is 0 Å². The first-order chi connectivity index (χ1) is 15.7. The third-order valence-electron chi connectivity index (χ3n) is 7.07. The topological polar surface area (TPSA) is 108 Å². The first-order valence-electron chi connectivity index (χ1n) is 11.5. The molecule has 174 valence electrons. The lowest BCUT2D eigenvalue weighted by Gasteiger charge is -2.38. The number of anilines is 1. The number of guanidine groups is 1. The summed E-state index contributed by atoms with van der Waals surface area (Å²) in [5, 5.41) is 4.15. The molecule has 1 N–H and O–H groups in total. The quantitative estimate of drug-likeness (QED) is 0.697. The van der Waals surface area contributed by atoms with Crippen LogP contribution in [0, 0.1) is 6.92 Å². The zero-order chi connectivity index (χ0) is 23.1. The predicted molar refractivity (Wildman–Crippen MR) is 122 cm³/mol. The number of sulfonamides is 1. The van der Waals surface area contributed by atoms with Gasteiger partial charge in [-0.2, -0.15) is 0 Å². The van der Waals surface area contributed by atoms with E-state index in [0.717, 1.165) is 42.7 Å². The number of nitrogens with zero attached hydrogens (tertiary/aromatic N) is 4. The molecule has 3 heterocycles. The summed E-state index contributed by atoms with van der Waals surface area (Å²) in [6.45, 7) is 6.70. The van der Waals surface area contributed by atoms with Crippen molar-refractivity contribution in [1.82, 2.24) is 14.8 Å². The molecule has 0 spiro atoms. The molecule has 1 amide bonds. The summed E-state index contributed by atoms with van der Waals surface area (Å²) in [7, 11) is -3.73. The van der Waals surface area contributed by atoms with Gasteiger partial charge in [-0.1, -0.05) is 5.16 Å². The number of aliphatic imine (C=N–C) groups is 1. The van der Waals surface area contributed by atoms with Crippen LogP contribution in [-0.2, 0) is 16.6 Å². The van der Waals surface area contributed by atoms with Crippen molar-refractivity contribution in [3.63, 3.8) is 0 Å². The number of rotatable bonds is 6.